The Morgan fingerprint density at radius 2 is 1.70 bits per heavy atom. The van der Waals surface area contributed by atoms with Crippen LogP contribution < -0.4 is 4.18 Å². The van der Waals surface area contributed by atoms with Crippen LogP contribution in [0.4, 0.5) is 0 Å². The quantitative estimate of drug-likeness (QED) is 0.489. The van der Waals surface area contributed by atoms with Gasteiger partial charge in [-0.2, -0.15) is 8.42 Å². The third-order valence-electron chi connectivity index (χ3n) is 3.42. The minimum absolute atomic E-state index is 0.0476. The van der Waals surface area contributed by atoms with Crippen molar-refractivity contribution in [3.8, 4) is 11.5 Å². The van der Waals surface area contributed by atoms with Gasteiger partial charge in [0.2, 0.25) is 0 Å². The first-order chi connectivity index (χ1) is 10.9. The predicted octanol–water partition coefficient (Wildman–Crippen LogP) is 4.23. The van der Waals surface area contributed by atoms with Gasteiger partial charge in [0.1, 0.15) is 4.90 Å². The fourth-order valence-corrected chi connectivity index (χ4v) is 4.19. The van der Waals surface area contributed by atoms with E-state index in [1.807, 2.05) is 53.8 Å². The highest BCUT2D eigenvalue weighted by molar-refractivity contribution is 14.1. The van der Waals surface area contributed by atoms with Gasteiger partial charge in [0.25, 0.3) is 0 Å². The minimum Gasteiger partial charge on any atom is -0.504 e. The first kappa shape index (κ1) is 16.1. The standard InChI is InChI=1S/C17H13IO4S/c1-11-6-8-13(9-7-11)23(20,21)22-17-15(19)10-12-4-2-3-5-14(12)16(17)18/h2-10,19H,1H3. The molecule has 1 N–H and O–H groups in total. The van der Waals surface area contributed by atoms with E-state index in [0.717, 1.165) is 16.3 Å². The molecule has 0 unspecified atom stereocenters. The number of hydrogen-bond donors (Lipinski definition) is 1. The van der Waals surface area contributed by atoms with E-state index in [1.54, 1.807) is 12.1 Å². The highest BCUT2D eigenvalue weighted by atomic mass is 127. The Morgan fingerprint density at radius 1 is 1.04 bits per heavy atom. The fraction of sp³-hybridized carbons (Fsp3) is 0.0588. The Bertz CT molecular complexity index is 979. The lowest BCUT2D eigenvalue weighted by Gasteiger charge is -2.12. The van der Waals surface area contributed by atoms with Crippen LogP contribution in [-0.4, -0.2) is 13.5 Å². The van der Waals surface area contributed by atoms with E-state index in [2.05, 4.69) is 0 Å². The van der Waals surface area contributed by atoms with Gasteiger partial charge >= 0.3 is 10.1 Å². The number of halogens is 1. The van der Waals surface area contributed by atoms with Crippen molar-refractivity contribution in [2.24, 2.45) is 0 Å². The van der Waals surface area contributed by atoms with Crippen molar-refractivity contribution >= 4 is 43.5 Å². The summed E-state index contributed by atoms with van der Waals surface area (Å²) in [4.78, 5) is 0.0476. The third kappa shape index (κ3) is 3.13. The monoisotopic (exact) mass is 440 g/mol. The Hall–Kier alpha value is -1.80. The molecule has 0 heterocycles. The summed E-state index contributed by atoms with van der Waals surface area (Å²) in [5.41, 5.74) is 0.951. The summed E-state index contributed by atoms with van der Waals surface area (Å²) >= 11 is 1.98. The second-order valence-electron chi connectivity index (χ2n) is 5.11. The fourth-order valence-electron chi connectivity index (χ4n) is 2.21. The van der Waals surface area contributed by atoms with Crippen LogP contribution in [0, 0.1) is 10.5 Å². The van der Waals surface area contributed by atoms with Crippen molar-refractivity contribution in [1.82, 2.24) is 0 Å². The number of phenols is 1. The second-order valence-corrected chi connectivity index (χ2v) is 7.74. The zero-order valence-electron chi connectivity index (χ0n) is 12.2. The number of aromatic hydroxyl groups is 1. The lowest BCUT2D eigenvalue weighted by molar-refractivity contribution is 0.427. The van der Waals surface area contributed by atoms with Gasteiger partial charge in [0.05, 0.1) is 3.57 Å². The lowest BCUT2D eigenvalue weighted by atomic mass is 10.1. The summed E-state index contributed by atoms with van der Waals surface area (Å²) < 4.78 is 30.6. The van der Waals surface area contributed by atoms with Crippen LogP contribution in [0.3, 0.4) is 0 Å². The molecule has 0 saturated heterocycles. The van der Waals surface area contributed by atoms with Crippen LogP contribution in [0.5, 0.6) is 11.5 Å². The van der Waals surface area contributed by atoms with Gasteiger partial charge in [0.15, 0.2) is 11.5 Å². The lowest BCUT2D eigenvalue weighted by Crippen LogP contribution is -2.10. The van der Waals surface area contributed by atoms with E-state index >= 15 is 0 Å². The summed E-state index contributed by atoms with van der Waals surface area (Å²) in [7, 11) is -4.01. The maximum atomic E-state index is 12.4. The molecular formula is C17H13IO4S. The van der Waals surface area contributed by atoms with Crippen molar-refractivity contribution in [1.29, 1.82) is 0 Å². The summed E-state index contributed by atoms with van der Waals surface area (Å²) in [5, 5.41) is 11.8. The Labute approximate surface area is 148 Å². The summed E-state index contributed by atoms with van der Waals surface area (Å²) in [5.74, 6) is -0.256. The summed E-state index contributed by atoms with van der Waals surface area (Å²) in [6, 6.07) is 15.2. The maximum Gasteiger partial charge on any atom is 0.339 e. The van der Waals surface area contributed by atoms with Gasteiger partial charge in [-0.15, -0.1) is 0 Å². The SMILES string of the molecule is Cc1ccc(S(=O)(=O)Oc2c(O)cc3ccccc3c2I)cc1. The first-order valence-corrected chi connectivity index (χ1v) is 9.28. The Kier molecular flexibility index (Phi) is 4.20. The molecule has 0 amide bonds. The average molecular weight is 440 g/mol. The molecule has 3 rings (SSSR count). The molecule has 0 saturated carbocycles. The van der Waals surface area contributed by atoms with E-state index in [-0.39, 0.29) is 16.4 Å². The van der Waals surface area contributed by atoms with Gasteiger partial charge in [-0.1, -0.05) is 42.0 Å². The maximum absolute atomic E-state index is 12.4. The van der Waals surface area contributed by atoms with Crippen LogP contribution in [0.2, 0.25) is 0 Å². The molecule has 0 aliphatic rings. The molecule has 23 heavy (non-hydrogen) atoms. The highest BCUT2D eigenvalue weighted by Gasteiger charge is 2.22. The summed E-state index contributed by atoms with van der Waals surface area (Å²) in [6.07, 6.45) is 0. The molecule has 0 aromatic heterocycles. The van der Waals surface area contributed by atoms with E-state index in [9.17, 15) is 13.5 Å². The van der Waals surface area contributed by atoms with Gasteiger partial charge in [0, 0.05) is 0 Å². The molecule has 4 nitrogen and oxygen atoms in total. The van der Waals surface area contributed by atoms with Crippen LogP contribution in [-0.2, 0) is 10.1 Å². The highest BCUT2D eigenvalue weighted by Crippen LogP contribution is 2.39. The molecule has 6 heteroatoms. The average Bonchev–Trinajstić information content (AvgIpc) is 2.52. The molecule has 0 spiro atoms. The Morgan fingerprint density at radius 3 is 2.39 bits per heavy atom. The third-order valence-corrected chi connectivity index (χ3v) is 5.73. The van der Waals surface area contributed by atoms with Crippen LogP contribution >= 0.6 is 22.6 Å². The van der Waals surface area contributed by atoms with Gasteiger partial charge in [-0.3, -0.25) is 0 Å². The molecule has 118 valence electrons. The van der Waals surface area contributed by atoms with Gasteiger partial charge in [-0.05, 0) is 58.5 Å². The molecule has 0 aliphatic carbocycles. The number of phenolic OH excluding ortho intramolecular Hbond substituents is 1. The number of rotatable bonds is 3. The van der Waals surface area contributed by atoms with Crippen molar-refractivity contribution in [3.05, 3.63) is 63.7 Å². The molecule has 0 aliphatic heterocycles. The van der Waals surface area contributed by atoms with Crippen molar-refractivity contribution in [2.45, 2.75) is 11.8 Å². The molecule has 0 bridgehead atoms. The van der Waals surface area contributed by atoms with Crippen molar-refractivity contribution < 1.29 is 17.7 Å². The zero-order valence-corrected chi connectivity index (χ0v) is 15.1. The van der Waals surface area contributed by atoms with E-state index in [0.29, 0.717) is 3.57 Å². The first-order valence-electron chi connectivity index (χ1n) is 6.80. The minimum atomic E-state index is -4.01. The largest absolute Gasteiger partial charge is 0.504 e. The number of hydrogen-bond acceptors (Lipinski definition) is 4. The second kappa shape index (κ2) is 6.01. The topological polar surface area (TPSA) is 63.6 Å². The van der Waals surface area contributed by atoms with E-state index < -0.39 is 10.1 Å². The normalized spacial score (nSPS) is 11.6. The zero-order chi connectivity index (χ0) is 16.6. The van der Waals surface area contributed by atoms with Crippen molar-refractivity contribution in [2.75, 3.05) is 0 Å². The predicted molar refractivity (Wildman–Crippen MR) is 97.3 cm³/mol. The molecule has 0 radical (unpaired) electrons. The molecule has 0 fully saturated rings. The van der Waals surface area contributed by atoms with Crippen LogP contribution in [0.15, 0.2) is 59.5 Å². The van der Waals surface area contributed by atoms with Gasteiger partial charge in [-0.25, -0.2) is 0 Å². The number of fused-ring (bicyclic) bond motifs is 1. The number of benzene rings is 3. The van der Waals surface area contributed by atoms with E-state index in [1.165, 1.54) is 18.2 Å². The molecule has 3 aromatic rings. The molecule has 3 aromatic carbocycles. The van der Waals surface area contributed by atoms with Crippen molar-refractivity contribution in [3.63, 3.8) is 0 Å². The van der Waals surface area contributed by atoms with Gasteiger partial charge < -0.3 is 9.29 Å². The number of aryl methyl sites for hydroxylation is 1. The van der Waals surface area contributed by atoms with Crippen LogP contribution in [0.1, 0.15) is 5.56 Å². The van der Waals surface area contributed by atoms with Crippen LogP contribution in [0.25, 0.3) is 10.8 Å². The summed E-state index contributed by atoms with van der Waals surface area (Å²) in [6.45, 7) is 1.87. The molecule has 0 atom stereocenters. The molecular weight excluding hydrogens is 427 g/mol. The Balaban J connectivity index is 2.09. The smallest absolute Gasteiger partial charge is 0.339 e. The van der Waals surface area contributed by atoms with E-state index in [4.69, 9.17) is 4.18 Å².